The summed E-state index contributed by atoms with van der Waals surface area (Å²) in [6.07, 6.45) is -6.70. The van der Waals surface area contributed by atoms with Crippen LogP contribution >= 0.6 is 0 Å². The first-order valence-electron chi connectivity index (χ1n) is 13.9. The molecule has 1 saturated heterocycles. The zero-order chi connectivity index (χ0) is 33.6. The van der Waals surface area contributed by atoms with Crippen LogP contribution in [0.25, 0.3) is 16.9 Å². The second-order valence-corrected chi connectivity index (χ2v) is 13.2. The summed E-state index contributed by atoms with van der Waals surface area (Å²) >= 11 is 0. The number of carbonyl (C=O) groups excluding carboxylic acids is 2. The van der Waals surface area contributed by atoms with E-state index in [4.69, 9.17) is 18.9 Å². The normalized spacial score (nSPS) is 14.9. The van der Waals surface area contributed by atoms with E-state index in [9.17, 15) is 31.2 Å². The standard InChI is InChI=1S/C28H31F3N6O8S/c1-17-6-8-19(9-7-17)23-14-24(28(29,30)31)32-35(23)21-10-12-22(13-11-21)46(40,41)33-25(38)20-15-34(16-20)36-37(45-36)44-18(2)42-26(39)43-27(3,4)5/h6-14,18,20H,15-16H2,1-5H3,(H,33,38). The summed E-state index contributed by atoms with van der Waals surface area (Å²) in [7, 11) is -4.31. The van der Waals surface area contributed by atoms with Gasteiger partial charge in [-0.2, -0.15) is 22.9 Å². The van der Waals surface area contributed by atoms with Gasteiger partial charge in [0, 0.05) is 17.5 Å². The monoisotopic (exact) mass is 668 g/mol. The molecule has 0 radical (unpaired) electrons. The minimum atomic E-state index is -4.70. The molecule has 0 aliphatic carbocycles. The van der Waals surface area contributed by atoms with Gasteiger partial charge >= 0.3 is 12.3 Å². The van der Waals surface area contributed by atoms with E-state index in [0.29, 0.717) is 5.56 Å². The Labute approximate surface area is 261 Å². The van der Waals surface area contributed by atoms with Crippen molar-refractivity contribution in [2.45, 2.75) is 57.6 Å². The lowest BCUT2D eigenvalue weighted by atomic mass is 10.0. The Morgan fingerprint density at radius 1 is 1.04 bits per heavy atom. The van der Waals surface area contributed by atoms with E-state index in [1.807, 2.05) is 11.6 Å². The fourth-order valence-corrected chi connectivity index (χ4v) is 5.31. The SMILES string of the molecule is Cc1ccc(-c2cc(C(F)(F)F)nn2-c2ccc(S(=O)(=O)NC(=O)C3CN(n4on4OC(C)OC(=O)OC(C)(C)C)C3)cc2)cc1. The molecule has 5 rings (SSSR count). The second-order valence-electron chi connectivity index (χ2n) is 11.6. The number of ether oxygens (including phenoxy) is 2. The Balaban J connectivity index is 1.18. The minimum Gasteiger partial charge on any atom is -0.428 e. The number of nitrogens with one attached hydrogen (secondary N) is 1. The molecular weight excluding hydrogens is 637 g/mol. The quantitative estimate of drug-likeness (QED) is 0.206. The summed E-state index contributed by atoms with van der Waals surface area (Å²) in [5.41, 5.74) is -0.105. The third-order valence-electron chi connectivity index (χ3n) is 6.60. The lowest BCUT2D eigenvalue weighted by molar-refractivity contribution is -0.143. The molecule has 14 nitrogen and oxygen atoms in total. The number of aryl methyl sites for hydroxylation is 1. The van der Waals surface area contributed by atoms with Crippen molar-refractivity contribution in [1.29, 1.82) is 0 Å². The highest BCUT2D eigenvalue weighted by molar-refractivity contribution is 7.90. The molecule has 1 fully saturated rings. The number of alkyl halides is 3. The number of aromatic nitrogens is 4. The van der Waals surface area contributed by atoms with Crippen LogP contribution in [0.2, 0.25) is 0 Å². The number of amides is 1. The third kappa shape index (κ3) is 7.49. The lowest BCUT2D eigenvalue weighted by Gasteiger charge is -2.34. The van der Waals surface area contributed by atoms with Gasteiger partial charge in [0.05, 0.1) is 35.3 Å². The van der Waals surface area contributed by atoms with Gasteiger partial charge in [0.2, 0.25) is 5.91 Å². The number of sulfonamides is 1. The number of hydrogen-bond acceptors (Lipinski definition) is 10. The van der Waals surface area contributed by atoms with E-state index < -0.39 is 51.8 Å². The van der Waals surface area contributed by atoms with Crippen LogP contribution in [-0.4, -0.2) is 65.2 Å². The first-order chi connectivity index (χ1) is 21.4. The molecule has 0 saturated carbocycles. The van der Waals surface area contributed by atoms with Crippen molar-refractivity contribution >= 4 is 22.1 Å². The molecule has 1 aliphatic rings. The van der Waals surface area contributed by atoms with Crippen LogP contribution in [-0.2, 0) is 30.5 Å². The van der Waals surface area contributed by atoms with Gasteiger partial charge in [-0.25, -0.2) is 22.6 Å². The highest BCUT2D eigenvalue weighted by Crippen LogP contribution is 2.33. The molecule has 2 aromatic heterocycles. The number of hydrogen-bond donors (Lipinski definition) is 1. The largest absolute Gasteiger partial charge is 0.511 e. The van der Waals surface area contributed by atoms with Crippen LogP contribution < -0.4 is 14.6 Å². The van der Waals surface area contributed by atoms with Crippen LogP contribution in [0.15, 0.2) is 64.1 Å². The number of rotatable bonds is 9. The maximum atomic E-state index is 13.5. The van der Waals surface area contributed by atoms with Gasteiger partial charge in [-0.3, -0.25) is 9.80 Å². The van der Waals surface area contributed by atoms with Crippen molar-refractivity contribution in [3.05, 3.63) is 65.9 Å². The van der Waals surface area contributed by atoms with Crippen molar-refractivity contribution in [2.24, 2.45) is 5.92 Å². The Morgan fingerprint density at radius 2 is 1.67 bits per heavy atom. The van der Waals surface area contributed by atoms with Crippen LogP contribution in [0.4, 0.5) is 18.0 Å². The molecule has 1 aliphatic heterocycles. The average Bonchev–Trinajstić information content (AvgIpc) is 3.47. The van der Waals surface area contributed by atoms with Crippen LogP contribution in [0, 0.1) is 12.8 Å². The summed E-state index contributed by atoms with van der Waals surface area (Å²) in [5, 5.41) is 6.15. The fraction of sp³-hybridized carbons (Fsp3) is 0.393. The highest BCUT2D eigenvalue weighted by Gasteiger charge is 2.40. The average molecular weight is 669 g/mol. The van der Waals surface area contributed by atoms with E-state index in [1.54, 1.807) is 45.0 Å². The molecular formula is C28H31F3N6O8S. The summed E-state index contributed by atoms with van der Waals surface area (Å²) in [6, 6.07) is 12.7. The topological polar surface area (TPSA) is 152 Å². The predicted octanol–water partition coefficient (Wildman–Crippen LogP) is 3.86. The van der Waals surface area contributed by atoms with Crippen LogP contribution in [0.5, 0.6) is 0 Å². The van der Waals surface area contributed by atoms with Crippen molar-refractivity contribution in [3.8, 4) is 16.9 Å². The summed E-state index contributed by atoms with van der Waals surface area (Å²) in [4.78, 5) is 30.6. The van der Waals surface area contributed by atoms with Crippen LogP contribution in [0.1, 0.15) is 39.0 Å². The van der Waals surface area contributed by atoms with Crippen LogP contribution in [0.3, 0.4) is 0 Å². The van der Waals surface area contributed by atoms with E-state index >= 15 is 0 Å². The first kappa shape index (κ1) is 32.5. The van der Waals surface area contributed by atoms with Crippen molar-refractivity contribution in [3.63, 3.8) is 0 Å². The Bertz CT molecular complexity index is 1810. The van der Waals surface area contributed by atoms with E-state index in [0.717, 1.165) is 26.3 Å². The lowest BCUT2D eigenvalue weighted by Crippen LogP contribution is -2.58. The molecule has 248 valence electrons. The molecule has 1 unspecified atom stereocenters. The fourth-order valence-electron chi connectivity index (χ4n) is 4.27. The molecule has 18 heteroatoms. The Morgan fingerprint density at radius 3 is 2.26 bits per heavy atom. The van der Waals surface area contributed by atoms with E-state index in [2.05, 4.69) is 5.10 Å². The zero-order valence-electron chi connectivity index (χ0n) is 25.3. The molecule has 0 bridgehead atoms. The van der Waals surface area contributed by atoms with Crippen molar-refractivity contribution in [2.75, 3.05) is 18.1 Å². The molecule has 1 N–H and O–H groups in total. The highest BCUT2D eigenvalue weighted by atomic mass is 32.2. The van der Waals surface area contributed by atoms with E-state index in [-0.39, 0.29) is 29.4 Å². The molecule has 4 aromatic rings. The van der Waals surface area contributed by atoms with Gasteiger partial charge in [0.15, 0.2) is 5.69 Å². The second kappa shape index (κ2) is 11.8. The van der Waals surface area contributed by atoms with Gasteiger partial charge in [-0.05, 0) is 58.0 Å². The number of nitrogens with zero attached hydrogens (tertiary/aromatic N) is 5. The van der Waals surface area contributed by atoms with E-state index in [1.165, 1.54) is 36.2 Å². The maximum Gasteiger partial charge on any atom is 0.511 e. The van der Waals surface area contributed by atoms with Gasteiger partial charge in [0.1, 0.15) is 10.6 Å². The summed E-state index contributed by atoms with van der Waals surface area (Å²) in [5.74, 6) is -1.47. The van der Waals surface area contributed by atoms with Crippen molar-refractivity contribution < 1.29 is 50.1 Å². The Hall–Kier alpha value is -4.87. The molecule has 3 heterocycles. The third-order valence-corrected chi connectivity index (χ3v) is 7.96. The van der Waals surface area contributed by atoms with Gasteiger partial charge in [0.25, 0.3) is 16.3 Å². The van der Waals surface area contributed by atoms with Gasteiger partial charge in [-0.15, -0.1) is 0 Å². The molecule has 0 spiro atoms. The van der Waals surface area contributed by atoms with Gasteiger partial charge in [-0.1, -0.05) is 29.8 Å². The minimum absolute atomic E-state index is 0.0874. The molecule has 46 heavy (non-hydrogen) atoms. The smallest absolute Gasteiger partial charge is 0.428 e. The molecule has 1 atom stereocenters. The number of benzene rings is 2. The number of halogens is 3. The summed E-state index contributed by atoms with van der Waals surface area (Å²) < 4.78 is 84.6. The predicted molar refractivity (Wildman–Crippen MR) is 154 cm³/mol. The maximum absolute atomic E-state index is 13.5. The zero-order valence-corrected chi connectivity index (χ0v) is 26.1. The summed E-state index contributed by atoms with van der Waals surface area (Å²) in [6.45, 7) is 8.49. The van der Waals surface area contributed by atoms with Gasteiger partial charge < -0.3 is 14.3 Å². The Kier molecular flexibility index (Phi) is 8.35. The first-order valence-corrected chi connectivity index (χ1v) is 15.4. The van der Waals surface area contributed by atoms with Crippen molar-refractivity contribution in [1.82, 2.24) is 24.5 Å². The molecule has 2 aromatic carbocycles. The molecule has 1 amide bonds. The number of carbonyl (C=O) groups is 2.